The van der Waals surface area contributed by atoms with Crippen molar-refractivity contribution in [3.05, 3.63) is 28.6 Å². The quantitative estimate of drug-likeness (QED) is 0.835. The predicted octanol–water partition coefficient (Wildman–Crippen LogP) is 2.69. The molecule has 0 unspecified atom stereocenters. The maximum Gasteiger partial charge on any atom is 0.309 e. The van der Waals surface area contributed by atoms with Crippen LogP contribution in [0.4, 0.5) is 8.78 Å². The molecule has 16 heavy (non-hydrogen) atoms. The van der Waals surface area contributed by atoms with E-state index in [1.807, 2.05) is 0 Å². The highest BCUT2D eigenvalue weighted by molar-refractivity contribution is 6.17. The summed E-state index contributed by atoms with van der Waals surface area (Å²) in [6.07, 6.45) is -3.26. The molecule has 1 heterocycles. The molecule has 0 spiro atoms. The third kappa shape index (κ3) is 2.88. The molecule has 1 N–H and O–H groups in total. The summed E-state index contributed by atoms with van der Waals surface area (Å²) in [6.45, 7) is 1.61. The van der Waals surface area contributed by atoms with Crippen LogP contribution in [0.15, 0.2) is 6.07 Å². The lowest BCUT2D eigenvalue weighted by molar-refractivity contribution is -0.136. The van der Waals surface area contributed by atoms with Crippen molar-refractivity contribution in [2.24, 2.45) is 0 Å². The van der Waals surface area contributed by atoms with Crippen molar-refractivity contribution >= 4 is 17.6 Å². The number of carbonyl (C=O) groups is 1. The fraction of sp³-hybridized carbons (Fsp3) is 0.400. The zero-order valence-electron chi connectivity index (χ0n) is 8.51. The summed E-state index contributed by atoms with van der Waals surface area (Å²) >= 11 is 5.57. The topological polar surface area (TPSA) is 50.2 Å². The minimum absolute atomic E-state index is 0.0753. The fourth-order valence-corrected chi connectivity index (χ4v) is 1.59. The van der Waals surface area contributed by atoms with E-state index in [2.05, 4.69) is 4.98 Å². The number of pyridine rings is 1. The van der Waals surface area contributed by atoms with Gasteiger partial charge < -0.3 is 5.11 Å². The van der Waals surface area contributed by atoms with Gasteiger partial charge in [-0.2, -0.15) is 0 Å². The highest BCUT2D eigenvalue weighted by Gasteiger charge is 2.18. The summed E-state index contributed by atoms with van der Waals surface area (Å²) in [5.41, 5.74) is 0.513. The Balaban J connectivity index is 3.24. The van der Waals surface area contributed by atoms with Crippen LogP contribution >= 0.6 is 11.6 Å². The minimum Gasteiger partial charge on any atom is -0.481 e. The van der Waals surface area contributed by atoms with Gasteiger partial charge in [0.2, 0.25) is 0 Å². The van der Waals surface area contributed by atoms with E-state index in [1.54, 1.807) is 6.92 Å². The SMILES string of the molecule is Cc1nc(CC(=O)O)c(C(F)F)cc1CCl. The lowest BCUT2D eigenvalue weighted by atomic mass is 10.1. The molecular formula is C10H10ClF2NO2. The molecule has 0 aliphatic heterocycles. The highest BCUT2D eigenvalue weighted by atomic mass is 35.5. The number of hydrogen-bond donors (Lipinski definition) is 1. The van der Waals surface area contributed by atoms with Gasteiger partial charge in [-0.3, -0.25) is 9.78 Å². The summed E-state index contributed by atoms with van der Waals surface area (Å²) < 4.78 is 25.3. The second-order valence-corrected chi connectivity index (χ2v) is 3.54. The van der Waals surface area contributed by atoms with Gasteiger partial charge >= 0.3 is 5.97 Å². The Morgan fingerprint density at radius 1 is 1.62 bits per heavy atom. The van der Waals surface area contributed by atoms with E-state index in [0.717, 1.165) is 0 Å². The van der Waals surface area contributed by atoms with Gasteiger partial charge in [-0.15, -0.1) is 11.6 Å². The first-order valence-electron chi connectivity index (χ1n) is 4.51. The molecule has 1 aromatic rings. The summed E-state index contributed by atoms with van der Waals surface area (Å²) in [5, 5.41) is 8.58. The molecule has 0 radical (unpaired) electrons. The fourth-order valence-electron chi connectivity index (χ4n) is 1.32. The van der Waals surface area contributed by atoms with Gasteiger partial charge in [-0.25, -0.2) is 8.78 Å². The van der Waals surface area contributed by atoms with Crippen molar-refractivity contribution in [3.63, 3.8) is 0 Å². The normalized spacial score (nSPS) is 10.8. The van der Waals surface area contributed by atoms with Crippen LogP contribution < -0.4 is 0 Å². The maximum atomic E-state index is 12.6. The van der Waals surface area contributed by atoms with Crippen LogP contribution in [0.5, 0.6) is 0 Å². The summed E-state index contributed by atoms with van der Waals surface area (Å²) in [5.74, 6) is -1.11. The van der Waals surface area contributed by atoms with E-state index in [1.165, 1.54) is 6.07 Å². The van der Waals surface area contributed by atoms with Gasteiger partial charge in [0, 0.05) is 17.1 Å². The molecule has 0 bridgehead atoms. The average molecular weight is 250 g/mol. The number of hydrogen-bond acceptors (Lipinski definition) is 2. The number of aromatic nitrogens is 1. The lowest BCUT2D eigenvalue weighted by Crippen LogP contribution is -2.09. The third-order valence-corrected chi connectivity index (χ3v) is 2.42. The Kier molecular flexibility index (Phi) is 4.18. The number of alkyl halides is 3. The first kappa shape index (κ1) is 12.8. The molecule has 3 nitrogen and oxygen atoms in total. The average Bonchev–Trinajstić information content (AvgIpc) is 2.16. The summed E-state index contributed by atoms with van der Waals surface area (Å²) in [6, 6.07) is 1.22. The molecule has 0 aliphatic carbocycles. The van der Waals surface area contributed by atoms with Crippen LogP contribution in [0.2, 0.25) is 0 Å². The monoisotopic (exact) mass is 249 g/mol. The molecule has 88 valence electrons. The molecule has 1 rings (SSSR count). The summed E-state index contributed by atoms with van der Waals surface area (Å²) in [4.78, 5) is 14.4. The number of halogens is 3. The lowest BCUT2D eigenvalue weighted by Gasteiger charge is -2.10. The first-order chi connectivity index (χ1) is 7.45. The van der Waals surface area contributed by atoms with E-state index >= 15 is 0 Å². The van der Waals surface area contributed by atoms with Crippen molar-refractivity contribution in [1.29, 1.82) is 0 Å². The van der Waals surface area contributed by atoms with Gasteiger partial charge in [0.25, 0.3) is 6.43 Å². The Labute approximate surface area is 96.1 Å². The zero-order chi connectivity index (χ0) is 12.3. The van der Waals surface area contributed by atoms with Crippen LogP contribution in [-0.4, -0.2) is 16.1 Å². The van der Waals surface area contributed by atoms with Crippen molar-refractivity contribution < 1.29 is 18.7 Å². The molecule has 0 aliphatic rings. The molecule has 6 heteroatoms. The van der Waals surface area contributed by atoms with E-state index in [9.17, 15) is 13.6 Å². The van der Waals surface area contributed by atoms with E-state index in [-0.39, 0.29) is 17.1 Å². The van der Waals surface area contributed by atoms with Crippen LogP contribution in [0.1, 0.15) is 28.9 Å². The highest BCUT2D eigenvalue weighted by Crippen LogP contribution is 2.25. The van der Waals surface area contributed by atoms with Gasteiger partial charge in [0.1, 0.15) is 0 Å². The van der Waals surface area contributed by atoms with Gasteiger partial charge in [0.05, 0.1) is 12.1 Å². The summed E-state index contributed by atoms with van der Waals surface area (Å²) in [7, 11) is 0. The molecule has 0 atom stereocenters. The zero-order valence-corrected chi connectivity index (χ0v) is 9.26. The van der Waals surface area contributed by atoms with Gasteiger partial charge in [0.15, 0.2) is 0 Å². The Hall–Kier alpha value is -1.23. The number of rotatable bonds is 4. The second-order valence-electron chi connectivity index (χ2n) is 3.27. The molecule has 0 fully saturated rings. The van der Waals surface area contributed by atoms with Crippen LogP contribution in [0, 0.1) is 6.92 Å². The van der Waals surface area contributed by atoms with Crippen LogP contribution in [0.25, 0.3) is 0 Å². The molecule has 0 saturated heterocycles. The smallest absolute Gasteiger partial charge is 0.309 e. The van der Waals surface area contributed by atoms with Crippen LogP contribution in [0.3, 0.4) is 0 Å². The first-order valence-corrected chi connectivity index (χ1v) is 5.04. The molecule has 0 aromatic carbocycles. The standard InChI is InChI=1S/C10H10ClF2NO2/c1-5-6(4-11)2-7(10(12)13)8(14-5)3-9(15)16/h2,10H,3-4H2,1H3,(H,15,16). The van der Waals surface area contributed by atoms with Crippen molar-refractivity contribution in [2.45, 2.75) is 25.7 Å². The number of carboxylic acids is 1. The van der Waals surface area contributed by atoms with Crippen molar-refractivity contribution in [1.82, 2.24) is 4.98 Å². The number of aryl methyl sites for hydroxylation is 1. The third-order valence-electron chi connectivity index (χ3n) is 2.13. The molecular weight excluding hydrogens is 240 g/mol. The predicted molar refractivity (Wildman–Crippen MR) is 54.8 cm³/mol. The maximum absolute atomic E-state index is 12.6. The van der Waals surface area contributed by atoms with Crippen LogP contribution in [-0.2, 0) is 17.1 Å². The molecule has 1 aromatic heterocycles. The number of aliphatic carboxylic acids is 1. The van der Waals surface area contributed by atoms with Gasteiger partial charge in [-0.1, -0.05) is 0 Å². The number of carboxylic acid groups (broad SMARTS) is 1. The van der Waals surface area contributed by atoms with Crippen molar-refractivity contribution in [3.8, 4) is 0 Å². The Morgan fingerprint density at radius 3 is 2.69 bits per heavy atom. The molecule has 0 amide bonds. The van der Waals surface area contributed by atoms with Crippen molar-refractivity contribution in [2.75, 3.05) is 0 Å². The van der Waals surface area contributed by atoms with Gasteiger partial charge in [-0.05, 0) is 18.6 Å². The Bertz CT molecular complexity index is 410. The van der Waals surface area contributed by atoms with E-state index < -0.39 is 18.8 Å². The minimum atomic E-state index is -2.75. The Morgan fingerprint density at radius 2 is 2.25 bits per heavy atom. The second kappa shape index (κ2) is 5.21. The number of nitrogens with zero attached hydrogens (tertiary/aromatic N) is 1. The molecule has 0 saturated carbocycles. The largest absolute Gasteiger partial charge is 0.481 e. The van der Waals surface area contributed by atoms with E-state index in [0.29, 0.717) is 11.3 Å². The van der Waals surface area contributed by atoms with E-state index in [4.69, 9.17) is 16.7 Å².